The van der Waals surface area contributed by atoms with E-state index in [0.29, 0.717) is 5.56 Å². The van der Waals surface area contributed by atoms with Gasteiger partial charge in [-0.2, -0.15) is 0 Å². The monoisotopic (exact) mass is 340 g/mol. The maximum Gasteiger partial charge on any atom is 0.268 e. The molecule has 1 atom stereocenters. The topological polar surface area (TPSA) is 43.8 Å². The summed E-state index contributed by atoms with van der Waals surface area (Å²) in [5.74, 6) is -0.306. The third kappa shape index (κ3) is 4.30. The second-order valence-corrected chi connectivity index (χ2v) is 6.45. The molecule has 1 fully saturated rings. The van der Waals surface area contributed by atoms with Crippen molar-refractivity contribution in [1.82, 2.24) is 9.80 Å². The number of halogens is 2. The number of β-amino-alcohol motifs (C(OH)–C–C–N with tert-alkyl or cyclic N) is 1. The van der Waals surface area contributed by atoms with Gasteiger partial charge in [-0.1, -0.05) is 26.0 Å². The van der Waals surface area contributed by atoms with Crippen LogP contribution in [0.5, 0.6) is 0 Å². The van der Waals surface area contributed by atoms with Crippen molar-refractivity contribution in [1.29, 1.82) is 0 Å². The van der Waals surface area contributed by atoms with Crippen molar-refractivity contribution in [3.8, 4) is 0 Å². The summed E-state index contributed by atoms with van der Waals surface area (Å²) in [6, 6.07) is 7.27. The molecule has 1 aliphatic heterocycles. The fourth-order valence-corrected chi connectivity index (χ4v) is 3.03. The Labute approximate surface area is 142 Å². The fourth-order valence-electron chi connectivity index (χ4n) is 3.03. The minimum atomic E-state index is -2.84. The third-order valence-electron chi connectivity index (χ3n) is 4.57. The third-order valence-corrected chi connectivity index (χ3v) is 4.57. The minimum absolute atomic E-state index is 0.0863. The molecule has 1 saturated heterocycles. The van der Waals surface area contributed by atoms with Crippen LogP contribution in [0.4, 0.5) is 8.78 Å². The van der Waals surface area contributed by atoms with Gasteiger partial charge in [0.25, 0.3) is 12.3 Å². The van der Waals surface area contributed by atoms with Gasteiger partial charge in [-0.15, -0.1) is 0 Å². The van der Waals surface area contributed by atoms with Gasteiger partial charge >= 0.3 is 0 Å². The van der Waals surface area contributed by atoms with Crippen molar-refractivity contribution >= 4 is 5.91 Å². The molecule has 0 bridgehead atoms. The zero-order chi connectivity index (χ0) is 17.7. The van der Waals surface area contributed by atoms with Crippen molar-refractivity contribution in [3.05, 3.63) is 35.4 Å². The Morgan fingerprint density at radius 1 is 1.33 bits per heavy atom. The molecular weight excluding hydrogens is 314 g/mol. The summed E-state index contributed by atoms with van der Waals surface area (Å²) >= 11 is 0. The van der Waals surface area contributed by atoms with Gasteiger partial charge in [-0.3, -0.25) is 9.69 Å². The maximum atomic E-state index is 12.8. The lowest BCUT2D eigenvalue weighted by Gasteiger charge is -2.22. The maximum absolute atomic E-state index is 12.8. The molecule has 1 aromatic carbocycles. The van der Waals surface area contributed by atoms with Gasteiger partial charge < -0.3 is 10.0 Å². The van der Waals surface area contributed by atoms with Crippen molar-refractivity contribution < 1.29 is 18.7 Å². The summed E-state index contributed by atoms with van der Waals surface area (Å²) in [6.07, 6.45) is -1.83. The first-order valence-corrected chi connectivity index (χ1v) is 8.50. The number of rotatable bonds is 7. The number of alkyl halides is 2. The number of amides is 1. The van der Waals surface area contributed by atoms with Crippen LogP contribution in [0.1, 0.15) is 42.6 Å². The molecular formula is C18H26F2N2O2. The first kappa shape index (κ1) is 18.8. The molecule has 0 saturated carbocycles. The van der Waals surface area contributed by atoms with Gasteiger partial charge in [-0.25, -0.2) is 8.78 Å². The molecule has 1 heterocycles. The summed E-state index contributed by atoms with van der Waals surface area (Å²) < 4.78 is 25.7. The normalized spacial score (nSPS) is 21.0. The van der Waals surface area contributed by atoms with E-state index in [4.69, 9.17) is 0 Å². The number of hydrogen-bond acceptors (Lipinski definition) is 3. The number of carbonyl (C=O) groups excluding carboxylic acids is 1. The van der Waals surface area contributed by atoms with Gasteiger partial charge in [-0.05, 0) is 37.2 Å². The van der Waals surface area contributed by atoms with E-state index in [1.54, 1.807) is 12.1 Å². The second kappa shape index (κ2) is 8.03. The van der Waals surface area contributed by atoms with E-state index in [1.807, 2.05) is 12.1 Å². The predicted molar refractivity (Wildman–Crippen MR) is 89.2 cm³/mol. The van der Waals surface area contributed by atoms with Crippen molar-refractivity contribution in [2.75, 3.05) is 26.2 Å². The molecule has 6 heteroatoms. The Kier molecular flexibility index (Phi) is 6.29. The van der Waals surface area contributed by atoms with Crippen LogP contribution in [0.15, 0.2) is 24.3 Å². The SMILES string of the molecule is CCCN(CC)Cc1ccc(C(=O)N2CCC(O)(C(F)F)C2)cc1. The highest BCUT2D eigenvalue weighted by molar-refractivity contribution is 5.94. The number of aliphatic hydroxyl groups is 1. The molecule has 1 unspecified atom stereocenters. The van der Waals surface area contributed by atoms with Crippen LogP contribution in [0.25, 0.3) is 0 Å². The van der Waals surface area contributed by atoms with Crippen LogP contribution in [0, 0.1) is 0 Å². The van der Waals surface area contributed by atoms with Crippen molar-refractivity contribution in [2.45, 2.75) is 45.3 Å². The molecule has 2 rings (SSSR count). The van der Waals surface area contributed by atoms with Gasteiger partial charge in [0.1, 0.15) is 5.60 Å². The first-order chi connectivity index (χ1) is 11.4. The van der Waals surface area contributed by atoms with Gasteiger partial charge in [0, 0.05) is 25.1 Å². The van der Waals surface area contributed by atoms with Crippen molar-refractivity contribution in [2.24, 2.45) is 0 Å². The second-order valence-electron chi connectivity index (χ2n) is 6.45. The molecule has 1 aliphatic rings. The highest BCUT2D eigenvalue weighted by Crippen LogP contribution is 2.28. The van der Waals surface area contributed by atoms with E-state index in [-0.39, 0.29) is 25.4 Å². The highest BCUT2D eigenvalue weighted by Gasteiger charge is 2.45. The largest absolute Gasteiger partial charge is 0.382 e. The molecule has 134 valence electrons. The van der Waals surface area contributed by atoms with Crippen LogP contribution in [0.3, 0.4) is 0 Å². The lowest BCUT2D eigenvalue weighted by atomic mass is 10.1. The molecule has 24 heavy (non-hydrogen) atoms. The van der Waals surface area contributed by atoms with Crippen LogP contribution in [0.2, 0.25) is 0 Å². The predicted octanol–water partition coefficient (Wildman–Crippen LogP) is 2.76. The van der Waals surface area contributed by atoms with Crippen LogP contribution in [-0.2, 0) is 6.54 Å². The molecule has 4 nitrogen and oxygen atoms in total. The van der Waals surface area contributed by atoms with E-state index in [1.165, 1.54) is 4.90 Å². The average Bonchev–Trinajstić information content (AvgIpc) is 2.98. The van der Waals surface area contributed by atoms with E-state index < -0.39 is 12.0 Å². The van der Waals surface area contributed by atoms with Crippen LogP contribution < -0.4 is 0 Å². The Hall–Kier alpha value is -1.53. The molecule has 1 N–H and O–H groups in total. The zero-order valence-electron chi connectivity index (χ0n) is 14.3. The Morgan fingerprint density at radius 3 is 2.50 bits per heavy atom. The Bertz CT molecular complexity index is 550. The number of nitrogens with zero attached hydrogens (tertiary/aromatic N) is 2. The van der Waals surface area contributed by atoms with Crippen LogP contribution in [-0.4, -0.2) is 59.0 Å². The minimum Gasteiger partial charge on any atom is -0.382 e. The Balaban J connectivity index is 1.99. The van der Waals surface area contributed by atoms with E-state index in [2.05, 4.69) is 18.7 Å². The average molecular weight is 340 g/mol. The Morgan fingerprint density at radius 2 is 2.00 bits per heavy atom. The van der Waals surface area contributed by atoms with Crippen LogP contribution >= 0.6 is 0 Å². The van der Waals surface area contributed by atoms with E-state index in [9.17, 15) is 18.7 Å². The number of hydrogen-bond donors (Lipinski definition) is 1. The fraction of sp³-hybridized carbons (Fsp3) is 0.611. The lowest BCUT2D eigenvalue weighted by Crippen LogP contribution is -2.41. The molecule has 0 aromatic heterocycles. The summed E-state index contributed by atoms with van der Waals surface area (Å²) in [5, 5.41) is 9.81. The summed E-state index contributed by atoms with van der Waals surface area (Å²) in [4.78, 5) is 16.0. The van der Waals surface area contributed by atoms with Gasteiger partial charge in [0.15, 0.2) is 0 Å². The molecule has 0 aliphatic carbocycles. The molecule has 0 spiro atoms. The molecule has 1 aromatic rings. The standard InChI is InChI=1S/C18H26F2N2O2/c1-3-10-21(4-2)12-14-5-7-15(8-6-14)16(23)22-11-9-18(24,13-22)17(19)20/h5-8,17,24H,3-4,9-13H2,1-2H3. The lowest BCUT2D eigenvalue weighted by molar-refractivity contribution is -0.0855. The summed E-state index contributed by atoms with van der Waals surface area (Å²) in [6.45, 7) is 6.92. The quantitative estimate of drug-likeness (QED) is 0.830. The van der Waals surface area contributed by atoms with Gasteiger partial charge in [0.2, 0.25) is 0 Å². The van der Waals surface area contributed by atoms with Crippen molar-refractivity contribution in [3.63, 3.8) is 0 Å². The summed E-state index contributed by atoms with van der Waals surface area (Å²) in [5.41, 5.74) is -0.486. The number of carbonyl (C=O) groups is 1. The van der Waals surface area contributed by atoms with E-state index in [0.717, 1.165) is 31.6 Å². The molecule has 1 amide bonds. The number of benzene rings is 1. The smallest absolute Gasteiger partial charge is 0.268 e. The van der Waals surface area contributed by atoms with Gasteiger partial charge in [0.05, 0.1) is 6.54 Å². The number of likely N-dealkylation sites (tertiary alicyclic amines) is 1. The molecule has 0 radical (unpaired) electrons. The first-order valence-electron chi connectivity index (χ1n) is 8.50. The van der Waals surface area contributed by atoms with E-state index >= 15 is 0 Å². The zero-order valence-corrected chi connectivity index (χ0v) is 14.3. The highest BCUT2D eigenvalue weighted by atomic mass is 19.3. The summed E-state index contributed by atoms with van der Waals surface area (Å²) in [7, 11) is 0.